The van der Waals surface area contributed by atoms with Gasteiger partial charge in [0.25, 0.3) is 0 Å². The number of ether oxygens (including phenoxy) is 2. The summed E-state index contributed by atoms with van der Waals surface area (Å²) in [5.74, 6) is 0.952. The first-order chi connectivity index (χ1) is 11.7. The van der Waals surface area contributed by atoms with Crippen LogP contribution in [0.1, 0.15) is 27.0 Å². The van der Waals surface area contributed by atoms with Crippen LogP contribution in [-0.2, 0) is 10.3 Å². The van der Waals surface area contributed by atoms with Crippen LogP contribution in [0.2, 0.25) is 0 Å². The van der Waals surface area contributed by atoms with Gasteiger partial charge in [0.15, 0.2) is 5.60 Å². The number of anilines is 1. The molecule has 116 valence electrons. The first kappa shape index (κ1) is 13.2. The van der Waals surface area contributed by atoms with Crippen molar-refractivity contribution in [1.82, 2.24) is 0 Å². The number of nitrogen functional groups attached to an aromatic ring is 1. The Labute approximate surface area is 138 Å². The zero-order chi connectivity index (χ0) is 16.3. The average molecular weight is 315 g/mol. The van der Waals surface area contributed by atoms with Gasteiger partial charge in [-0.2, -0.15) is 0 Å². The molecule has 24 heavy (non-hydrogen) atoms. The molecule has 0 radical (unpaired) electrons. The summed E-state index contributed by atoms with van der Waals surface area (Å²) < 4.78 is 12.0. The number of hydrogen-bond donors (Lipinski definition) is 1. The van der Waals surface area contributed by atoms with E-state index < -0.39 is 11.6 Å². The van der Waals surface area contributed by atoms with Gasteiger partial charge < -0.3 is 15.2 Å². The van der Waals surface area contributed by atoms with Crippen molar-refractivity contribution < 1.29 is 14.3 Å². The van der Waals surface area contributed by atoms with E-state index in [1.807, 2.05) is 60.7 Å². The minimum absolute atomic E-state index is 0.408. The lowest BCUT2D eigenvalue weighted by Crippen LogP contribution is -2.32. The van der Waals surface area contributed by atoms with Gasteiger partial charge in [-0.25, -0.2) is 4.79 Å². The second kappa shape index (κ2) is 4.38. The van der Waals surface area contributed by atoms with Gasteiger partial charge in [-0.3, -0.25) is 0 Å². The van der Waals surface area contributed by atoms with Gasteiger partial charge in [0.1, 0.15) is 11.5 Å². The normalized spacial score (nSPS) is 15.9. The van der Waals surface area contributed by atoms with E-state index in [4.69, 9.17) is 15.2 Å². The molecule has 0 amide bonds. The fraction of sp³-hybridized carbons (Fsp3) is 0.0500. The number of carbonyl (C=O) groups is 1. The van der Waals surface area contributed by atoms with Crippen molar-refractivity contribution >= 4 is 11.7 Å². The number of carbonyl (C=O) groups excluding carboxylic acids is 1. The molecule has 0 aliphatic carbocycles. The Kier molecular flexibility index (Phi) is 2.41. The monoisotopic (exact) mass is 315 g/mol. The van der Waals surface area contributed by atoms with Crippen LogP contribution in [0.3, 0.4) is 0 Å². The molecule has 5 rings (SSSR count). The lowest BCUT2D eigenvalue weighted by atomic mass is 9.77. The highest BCUT2D eigenvalue weighted by Crippen LogP contribution is 2.56. The first-order valence-electron chi connectivity index (χ1n) is 7.71. The molecule has 0 saturated heterocycles. The number of esters is 1. The van der Waals surface area contributed by atoms with E-state index in [-0.39, 0.29) is 0 Å². The van der Waals surface area contributed by atoms with Crippen LogP contribution in [0.25, 0.3) is 0 Å². The molecule has 2 N–H and O–H groups in total. The third kappa shape index (κ3) is 1.45. The molecule has 4 nitrogen and oxygen atoms in total. The Hall–Kier alpha value is -3.27. The largest absolute Gasteiger partial charge is 0.456 e. The molecule has 2 heterocycles. The zero-order valence-corrected chi connectivity index (χ0v) is 12.7. The predicted octanol–water partition coefficient (Wildman–Crippen LogP) is 3.84. The number of fused-ring (bicyclic) bond motifs is 6. The van der Waals surface area contributed by atoms with E-state index in [1.165, 1.54) is 0 Å². The Morgan fingerprint density at radius 3 is 2.00 bits per heavy atom. The van der Waals surface area contributed by atoms with E-state index in [1.54, 1.807) is 6.07 Å². The van der Waals surface area contributed by atoms with Crippen molar-refractivity contribution in [2.45, 2.75) is 5.60 Å². The van der Waals surface area contributed by atoms with E-state index in [2.05, 4.69) is 0 Å². The van der Waals surface area contributed by atoms with Gasteiger partial charge in [-0.1, -0.05) is 48.5 Å². The van der Waals surface area contributed by atoms with E-state index in [9.17, 15) is 4.79 Å². The van der Waals surface area contributed by atoms with Crippen LogP contribution in [-0.4, -0.2) is 5.97 Å². The maximum atomic E-state index is 12.6. The maximum Gasteiger partial charge on any atom is 0.342 e. The van der Waals surface area contributed by atoms with Crippen LogP contribution in [0.4, 0.5) is 5.69 Å². The van der Waals surface area contributed by atoms with Crippen molar-refractivity contribution in [3.8, 4) is 11.5 Å². The van der Waals surface area contributed by atoms with E-state index in [0.717, 1.165) is 16.7 Å². The summed E-state index contributed by atoms with van der Waals surface area (Å²) in [5.41, 5.74) is 8.27. The third-order valence-corrected chi connectivity index (χ3v) is 4.68. The highest BCUT2D eigenvalue weighted by molar-refractivity contribution is 6.01. The third-order valence-electron chi connectivity index (χ3n) is 4.68. The molecule has 3 aromatic rings. The minimum atomic E-state index is -1.02. The van der Waals surface area contributed by atoms with Crippen LogP contribution in [0.15, 0.2) is 66.7 Å². The molecule has 0 unspecified atom stereocenters. The maximum absolute atomic E-state index is 12.6. The van der Waals surface area contributed by atoms with Gasteiger partial charge >= 0.3 is 5.97 Å². The van der Waals surface area contributed by atoms with Gasteiger partial charge in [-0.05, 0) is 18.2 Å². The highest BCUT2D eigenvalue weighted by Gasteiger charge is 2.53. The second-order valence-electron chi connectivity index (χ2n) is 5.93. The molecule has 0 aromatic heterocycles. The molecular formula is C20H13NO3. The molecular weight excluding hydrogens is 302 g/mol. The van der Waals surface area contributed by atoms with Gasteiger partial charge in [0, 0.05) is 22.4 Å². The summed E-state index contributed by atoms with van der Waals surface area (Å²) >= 11 is 0. The van der Waals surface area contributed by atoms with Crippen molar-refractivity contribution in [2.75, 3.05) is 5.73 Å². The number of para-hydroxylation sites is 2. The molecule has 4 heteroatoms. The fourth-order valence-corrected chi connectivity index (χ4v) is 3.69. The summed E-state index contributed by atoms with van der Waals surface area (Å²) in [5, 5.41) is 0. The van der Waals surface area contributed by atoms with Crippen molar-refractivity contribution in [3.05, 3.63) is 89.0 Å². The lowest BCUT2D eigenvalue weighted by Gasteiger charge is -2.36. The Morgan fingerprint density at radius 1 is 0.750 bits per heavy atom. The topological polar surface area (TPSA) is 61.6 Å². The van der Waals surface area contributed by atoms with Crippen LogP contribution >= 0.6 is 0 Å². The number of benzene rings is 3. The van der Waals surface area contributed by atoms with Crippen LogP contribution in [0.5, 0.6) is 11.5 Å². The summed E-state index contributed by atoms with van der Waals surface area (Å²) in [6.45, 7) is 0. The summed E-state index contributed by atoms with van der Waals surface area (Å²) in [6.07, 6.45) is 0. The Morgan fingerprint density at radius 2 is 1.33 bits per heavy atom. The van der Waals surface area contributed by atoms with Crippen LogP contribution in [0, 0.1) is 0 Å². The summed E-state index contributed by atoms with van der Waals surface area (Å²) in [7, 11) is 0. The van der Waals surface area contributed by atoms with Crippen molar-refractivity contribution in [3.63, 3.8) is 0 Å². The average Bonchev–Trinajstić information content (AvgIpc) is 2.90. The molecule has 3 aromatic carbocycles. The van der Waals surface area contributed by atoms with E-state index >= 15 is 0 Å². The molecule has 0 fully saturated rings. The molecule has 0 saturated carbocycles. The van der Waals surface area contributed by atoms with Gasteiger partial charge in [0.2, 0.25) is 0 Å². The Bertz CT molecular complexity index is 964. The second-order valence-corrected chi connectivity index (χ2v) is 5.93. The highest BCUT2D eigenvalue weighted by atomic mass is 16.6. The molecule has 0 bridgehead atoms. The molecule has 1 spiro atoms. The fourth-order valence-electron chi connectivity index (χ4n) is 3.69. The number of hydrogen-bond acceptors (Lipinski definition) is 4. The summed E-state index contributed by atoms with van der Waals surface area (Å²) in [4.78, 5) is 12.6. The smallest absolute Gasteiger partial charge is 0.342 e. The van der Waals surface area contributed by atoms with Crippen molar-refractivity contribution in [1.29, 1.82) is 0 Å². The van der Waals surface area contributed by atoms with Gasteiger partial charge in [-0.15, -0.1) is 0 Å². The number of rotatable bonds is 0. The minimum Gasteiger partial charge on any atom is -0.456 e. The van der Waals surface area contributed by atoms with Gasteiger partial charge in [0.05, 0.1) is 5.56 Å². The summed E-state index contributed by atoms with van der Waals surface area (Å²) in [6, 6.07) is 20.7. The standard InChI is InChI=1S/C20H13NO3/c21-15-9-5-8-14-18(15)19(22)24-20(14)12-6-1-3-10-16(12)23-17-11-4-2-7-13(17)20/h1-11H,21H2. The van der Waals surface area contributed by atoms with Crippen LogP contribution < -0.4 is 10.5 Å². The zero-order valence-electron chi connectivity index (χ0n) is 12.7. The Balaban J connectivity index is 1.94. The quantitative estimate of drug-likeness (QED) is 0.506. The SMILES string of the molecule is Nc1cccc2c1C(=O)OC21c2ccccc2Oc2ccccc21. The molecule has 0 atom stereocenters. The van der Waals surface area contributed by atoms with E-state index in [0.29, 0.717) is 22.7 Å². The number of nitrogens with two attached hydrogens (primary N) is 1. The van der Waals surface area contributed by atoms with Crippen molar-refractivity contribution in [2.24, 2.45) is 0 Å². The first-order valence-corrected chi connectivity index (χ1v) is 7.71. The lowest BCUT2D eigenvalue weighted by molar-refractivity contribution is 0.0225. The predicted molar refractivity (Wildman–Crippen MR) is 89.1 cm³/mol. The molecule has 2 aliphatic heterocycles. The molecule has 2 aliphatic rings.